The number of carboxylic acid groups (broad SMARTS) is 1. The summed E-state index contributed by atoms with van der Waals surface area (Å²) in [6.45, 7) is 4.44. The number of para-hydroxylation sites is 1. The number of fused-ring (bicyclic) bond motifs is 1. The highest BCUT2D eigenvalue weighted by Crippen LogP contribution is 2.20. The number of benzene rings is 1. The monoisotopic (exact) mass is 494 g/mol. The van der Waals surface area contributed by atoms with Gasteiger partial charge >= 0.3 is 6.09 Å². The van der Waals surface area contributed by atoms with Gasteiger partial charge in [0.15, 0.2) is 0 Å². The number of aromatic nitrogens is 3. The number of nitrogens with one attached hydrogen (secondary N) is 3. The van der Waals surface area contributed by atoms with Gasteiger partial charge in [-0.2, -0.15) is 0 Å². The Hall–Kier alpha value is -4.41. The SMILES string of the molecule is CC(C)Cc1cccc2[nH]c(Cn3cccc(NC(=O)C(CC/C=C/C(N)=O)NC(=O)O)c3=O)nc12. The molecule has 2 aromatic heterocycles. The van der Waals surface area contributed by atoms with Gasteiger partial charge in [-0.1, -0.05) is 32.1 Å². The molecule has 1 aromatic carbocycles. The number of aromatic amines is 1. The second kappa shape index (κ2) is 11.8. The maximum absolute atomic E-state index is 13.0. The average molecular weight is 495 g/mol. The molecule has 190 valence electrons. The lowest BCUT2D eigenvalue weighted by molar-refractivity contribution is -0.118. The van der Waals surface area contributed by atoms with Crippen LogP contribution in [-0.2, 0) is 22.6 Å². The van der Waals surface area contributed by atoms with Crippen LogP contribution in [0.15, 0.2) is 53.5 Å². The van der Waals surface area contributed by atoms with E-state index in [4.69, 9.17) is 15.8 Å². The highest BCUT2D eigenvalue weighted by Gasteiger charge is 2.21. The summed E-state index contributed by atoms with van der Waals surface area (Å²) in [7, 11) is 0. The fourth-order valence-electron chi connectivity index (χ4n) is 3.84. The first-order chi connectivity index (χ1) is 17.1. The molecule has 36 heavy (non-hydrogen) atoms. The van der Waals surface area contributed by atoms with Crippen LogP contribution in [0.25, 0.3) is 11.0 Å². The Morgan fingerprint density at radius 1 is 1.22 bits per heavy atom. The number of primary amides is 1. The zero-order valence-corrected chi connectivity index (χ0v) is 20.2. The summed E-state index contributed by atoms with van der Waals surface area (Å²) in [5.41, 5.74) is 7.45. The molecule has 0 saturated carbocycles. The largest absolute Gasteiger partial charge is 0.465 e. The van der Waals surface area contributed by atoms with Gasteiger partial charge < -0.3 is 31.0 Å². The Bertz CT molecular complexity index is 1340. The molecule has 0 radical (unpaired) electrons. The van der Waals surface area contributed by atoms with Gasteiger partial charge in [-0.3, -0.25) is 14.4 Å². The predicted octanol–water partition coefficient (Wildman–Crippen LogP) is 2.37. The normalized spacial score (nSPS) is 12.2. The number of nitrogens with zero attached hydrogens (tertiary/aromatic N) is 2. The van der Waals surface area contributed by atoms with Crippen molar-refractivity contribution in [3.8, 4) is 0 Å². The third-order valence-corrected chi connectivity index (χ3v) is 5.39. The summed E-state index contributed by atoms with van der Waals surface area (Å²) in [4.78, 5) is 55.6. The molecule has 0 bridgehead atoms. The van der Waals surface area contributed by atoms with Gasteiger partial charge in [0.2, 0.25) is 11.8 Å². The molecule has 2 heterocycles. The highest BCUT2D eigenvalue weighted by atomic mass is 16.4. The summed E-state index contributed by atoms with van der Waals surface area (Å²) >= 11 is 0. The quantitative estimate of drug-likeness (QED) is 0.256. The molecule has 0 aliphatic rings. The standard InChI is InChI=1S/C25H30N6O5/c1-15(2)13-16-7-5-9-17-22(16)30-21(27-17)14-31-12-6-10-19(24(31)34)28-23(33)18(29-25(35)36)8-3-4-11-20(26)32/h4-7,9-12,15,18,29H,3,8,13-14H2,1-2H3,(H2,26,32)(H,27,30)(H,28,33)(H,35,36)/b11-4+. The lowest BCUT2D eigenvalue weighted by Crippen LogP contribution is -2.44. The van der Waals surface area contributed by atoms with Crippen molar-refractivity contribution in [2.45, 2.75) is 45.7 Å². The molecule has 11 heteroatoms. The number of carbonyl (C=O) groups excluding carboxylic acids is 2. The Labute approximate surface area is 207 Å². The topological polar surface area (TPSA) is 172 Å². The van der Waals surface area contributed by atoms with E-state index in [1.54, 1.807) is 12.3 Å². The van der Waals surface area contributed by atoms with Crippen molar-refractivity contribution >= 4 is 34.6 Å². The Morgan fingerprint density at radius 2 is 2.00 bits per heavy atom. The minimum Gasteiger partial charge on any atom is -0.465 e. The molecule has 11 nitrogen and oxygen atoms in total. The van der Waals surface area contributed by atoms with E-state index >= 15 is 0 Å². The van der Waals surface area contributed by atoms with Gasteiger partial charge in [-0.25, -0.2) is 9.78 Å². The van der Waals surface area contributed by atoms with Crippen LogP contribution in [0.5, 0.6) is 0 Å². The zero-order valence-electron chi connectivity index (χ0n) is 20.2. The van der Waals surface area contributed by atoms with Crippen molar-refractivity contribution in [3.05, 3.63) is 70.4 Å². The molecule has 0 saturated heterocycles. The number of hydrogen-bond donors (Lipinski definition) is 5. The highest BCUT2D eigenvalue weighted by molar-refractivity contribution is 5.96. The number of rotatable bonds is 11. The smallest absolute Gasteiger partial charge is 0.405 e. The van der Waals surface area contributed by atoms with E-state index in [2.05, 4.69) is 29.5 Å². The summed E-state index contributed by atoms with van der Waals surface area (Å²) in [6.07, 6.45) is 3.96. The van der Waals surface area contributed by atoms with E-state index in [0.29, 0.717) is 11.7 Å². The van der Waals surface area contributed by atoms with Crippen LogP contribution in [-0.4, -0.2) is 43.6 Å². The van der Waals surface area contributed by atoms with Crippen molar-refractivity contribution in [1.82, 2.24) is 19.9 Å². The lowest BCUT2D eigenvalue weighted by atomic mass is 10.0. The van der Waals surface area contributed by atoms with Gasteiger partial charge in [-0.15, -0.1) is 0 Å². The second-order valence-electron chi connectivity index (χ2n) is 8.82. The molecule has 0 spiro atoms. The van der Waals surface area contributed by atoms with Crippen LogP contribution in [0.3, 0.4) is 0 Å². The summed E-state index contributed by atoms with van der Waals surface area (Å²) in [5, 5.41) is 13.7. The molecule has 6 N–H and O–H groups in total. The first kappa shape index (κ1) is 26.2. The van der Waals surface area contributed by atoms with E-state index in [1.807, 2.05) is 18.2 Å². The molecule has 1 atom stereocenters. The van der Waals surface area contributed by atoms with Crippen LogP contribution < -0.4 is 21.9 Å². The van der Waals surface area contributed by atoms with E-state index in [-0.39, 0.29) is 25.1 Å². The number of nitrogens with two attached hydrogens (primary N) is 1. The Kier molecular flexibility index (Phi) is 8.61. The fraction of sp³-hybridized carbons (Fsp3) is 0.320. The predicted molar refractivity (Wildman–Crippen MR) is 136 cm³/mol. The molecule has 3 rings (SSSR count). The number of anilines is 1. The molecule has 0 aliphatic heterocycles. The lowest BCUT2D eigenvalue weighted by Gasteiger charge is -2.16. The maximum Gasteiger partial charge on any atom is 0.405 e. The maximum atomic E-state index is 13.0. The third kappa shape index (κ3) is 7.05. The van der Waals surface area contributed by atoms with Gasteiger partial charge in [0.05, 0.1) is 17.6 Å². The average Bonchev–Trinajstić information content (AvgIpc) is 3.21. The number of carbonyl (C=O) groups is 3. The third-order valence-electron chi connectivity index (χ3n) is 5.39. The molecule has 3 aromatic rings. The van der Waals surface area contributed by atoms with E-state index in [0.717, 1.165) is 29.1 Å². The van der Waals surface area contributed by atoms with Gasteiger partial charge in [0.25, 0.3) is 5.56 Å². The number of amides is 3. The van der Waals surface area contributed by atoms with Crippen molar-refractivity contribution in [2.75, 3.05) is 5.32 Å². The van der Waals surface area contributed by atoms with Gasteiger partial charge in [-0.05, 0) is 55.0 Å². The summed E-state index contributed by atoms with van der Waals surface area (Å²) < 4.78 is 1.41. The van der Waals surface area contributed by atoms with Crippen LogP contribution in [0.4, 0.5) is 10.5 Å². The minimum absolute atomic E-state index is 0.00368. The van der Waals surface area contributed by atoms with Crippen molar-refractivity contribution in [2.24, 2.45) is 11.7 Å². The van der Waals surface area contributed by atoms with E-state index in [1.165, 1.54) is 16.7 Å². The second-order valence-corrected chi connectivity index (χ2v) is 8.82. The Morgan fingerprint density at radius 3 is 2.69 bits per heavy atom. The van der Waals surface area contributed by atoms with Crippen LogP contribution >= 0.6 is 0 Å². The van der Waals surface area contributed by atoms with Gasteiger partial charge in [0, 0.05) is 6.20 Å². The summed E-state index contributed by atoms with van der Waals surface area (Å²) in [6, 6.07) is 7.86. The van der Waals surface area contributed by atoms with Crippen molar-refractivity contribution in [1.29, 1.82) is 0 Å². The van der Waals surface area contributed by atoms with Crippen LogP contribution in [0.1, 0.15) is 38.1 Å². The Balaban J connectivity index is 1.77. The number of H-pyrrole nitrogens is 1. The first-order valence-corrected chi connectivity index (χ1v) is 11.6. The molecule has 3 amide bonds. The first-order valence-electron chi connectivity index (χ1n) is 11.6. The fourth-order valence-corrected chi connectivity index (χ4v) is 3.84. The number of hydrogen-bond acceptors (Lipinski definition) is 5. The van der Waals surface area contributed by atoms with Crippen molar-refractivity contribution in [3.63, 3.8) is 0 Å². The minimum atomic E-state index is -1.39. The number of allylic oxidation sites excluding steroid dienone is 1. The molecule has 0 fully saturated rings. The molecule has 0 aliphatic carbocycles. The van der Waals surface area contributed by atoms with E-state index < -0.39 is 29.5 Å². The van der Waals surface area contributed by atoms with Crippen LogP contribution in [0.2, 0.25) is 0 Å². The van der Waals surface area contributed by atoms with E-state index in [9.17, 15) is 19.2 Å². The zero-order chi connectivity index (χ0) is 26.2. The molecular weight excluding hydrogens is 464 g/mol. The molecule has 1 unspecified atom stereocenters. The molecular formula is C25H30N6O5. The van der Waals surface area contributed by atoms with Gasteiger partial charge in [0.1, 0.15) is 17.6 Å². The van der Waals surface area contributed by atoms with Crippen LogP contribution in [0, 0.1) is 5.92 Å². The van der Waals surface area contributed by atoms with Crippen molar-refractivity contribution < 1.29 is 19.5 Å². The number of imidazole rings is 1. The number of pyridine rings is 1. The summed E-state index contributed by atoms with van der Waals surface area (Å²) in [5.74, 6) is -0.273.